The van der Waals surface area contributed by atoms with E-state index >= 15 is 0 Å². The van der Waals surface area contributed by atoms with Gasteiger partial charge in [0.05, 0.1) is 45.5 Å². The number of fused-ring (bicyclic) bond motifs is 8. The second-order valence-corrected chi connectivity index (χ2v) is 50.1. The van der Waals surface area contributed by atoms with E-state index in [2.05, 4.69) is 457 Å². The first-order chi connectivity index (χ1) is 67.0. The summed E-state index contributed by atoms with van der Waals surface area (Å²) in [7, 11) is 7.23. The van der Waals surface area contributed by atoms with Gasteiger partial charge in [0, 0.05) is 76.1 Å². The number of anilines is 2. The molecule has 0 amide bonds. The molecule has 2 bridgehead atoms. The Balaban J connectivity index is 0.000000111. The molecule has 0 spiro atoms. The van der Waals surface area contributed by atoms with Crippen molar-refractivity contribution < 1.29 is 0 Å². The predicted octanol–water partition coefficient (Wildman–Crippen LogP) is 30.5. The van der Waals surface area contributed by atoms with Crippen LogP contribution in [-0.2, 0) is 44.7 Å². The molecule has 0 aromatic heterocycles. The summed E-state index contributed by atoms with van der Waals surface area (Å²) in [5, 5.41) is 13.8. The molecule has 23 rings (SSSR count). The third kappa shape index (κ3) is 21.6. The Kier molecular flexibility index (Phi) is 30.7. The lowest BCUT2D eigenvalue weighted by Gasteiger charge is -2.48. The van der Waals surface area contributed by atoms with Gasteiger partial charge in [0.2, 0.25) is 0 Å². The third-order valence-corrected chi connectivity index (χ3v) is 42.9. The molecule has 14 heteroatoms. The lowest BCUT2D eigenvalue weighted by atomic mass is 9.59. The van der Waals surface area contributed by atoms with Crippen molar-refractivity contribution in [1.29, 1.82) is 5.26 Å². The summed E-state index contributed by atoms with van der Waals surface area (Å²) >= 11 is 11.9. The van der Waals surface area contributed by atoms with Gasteiger partial charge in [0.25, 0.3) is 0 Å². The molecule has 7 nitrogen and oxygen atoms in total. The van der Waals surface area contributed by atoms with Gasteiger partial charge >= 0.3 is 0 Å². The van der Waals surface area contributed by atoms with Gasteiger partial charge < -0.3 is 9.80 Å². The van der Waals surface area contributed by atoms with E-state index in [0.717, 1.165) is 104 Å². The molecule has 0 radical (unpaired) electrons. The lowest BCUT2D eigenvalue weighted by Crippen LogP contribution is -2.65. The minimum absolute atomic E-state index is 0.484. The highest BCUT2D eigenvalue weighted by Gasteiger charge is 2.46. The predicted molar refractivity (Wildman–Crippen MR) is 604 cm³/mol. The maximum atomic E-state index is 9.30. The molecule has 4 unspecified atom stereocenters. The molecule has 6 aliphatic heterocycles. The average Bonchev–Trinajstić information content (AvgIpc) is 0.745. The van der Waals surface area contributed by atoms with Crippen molar-refractivity contribution in [3.8, 4) is 17.2 Å². The van der Waals surface area contributed by atoms with Crippen LogP contribution in [0.15, 0.2) is 381 Å². The fourth-order valence-corrected chi connectivity index (χ4v) is 34.5. The molecule has 0 N–H and O–H groups in total. The molecule has 6 heterocycles. The summed E-state index contributed by atoms with van der Waals surface area (Å²) in [6.45, 7) is 24.2. The van der Waals surface area contributed by atoms with Crippen LogP contribution in [0.4, 0.5) is 34.1 Å². The standard InChI is InChI=1S/C27H25NSSi.C25H32NS.C22H21NS.C17H17N2S.C17H20NS.C16H18NS/c1-30(24-15-7-3-8-16-24,25-17-9-4-10-18-25)26-19-11-12-22-20-28(21-29-27(22)26)23-13-5-2-6-14-23;1-19-14-21-17-26(2,22-10-4-3-5-11-22)18-27-24(21)23(15-19)25-12-6-8-20(16-25)9-7-13-25;1-16-8-6-9-17(2)21(16)23-14-19-12-7-13-20(22(19)24-15-23)18-10-4-3-5-11-18;1-13-8-14(10-18)17-15(9-13)11-19(2,12-20-17)16-6-4-3-5-7-16;1-13-9-14(2)17-15(10-13)11-18(3,12-19-17)16-7-5-4-6-8-16;1-13-7-6-8-14-11-17(2,12-18-16(13)14)15-9-4-3-5-10-15/h2-19H,20-21H2,1H3;3-5,10-11,14-15,20H,6-9,12-13,16-18H2,1-2H3;3-13H,14-15H2,1-2H3;3-9H,11-12H2,1-2H3;4-10H,11-12H2,1-3H3;3-10H,11-12H2,1-2H3/q;+1;;3*+1. The molecule has 15 aromatic carbocycles. The molecule has 8 aliphatic rings. The SMILES string of the molecule is C[Si](c1ccccc1)(c1ccccc1)c1cccc2c1SCN(c1ccccc1)C2.Cc1cc(C#N)c2c(c1)C[N+](C)(c1ccccc1)CS2.Cc1cc(C)c2c(c1)C[N+](C)(c1ccccc1)CS2.Cc1cc2c(c(C34CCCC(CCC3)C4)c1)SC[N+](C)(c1ccccc1)C2.Cc1cccc(C)c1N1CSc2c(cccc2-c2ccccc2)C1.Cc1cccc2c1SC[N+](C)(c1ccccc1)C2. The zero-order valence-corrected chi connectivity index (χ0v) is 88.5. The van der Waals surface area contributed by atoms with Gasteiger partial charge in [0.1, 0.15) is 86.6 Å². The van der Waals surface area contributed by atoms with Crippen LogP contribution in [0.5, 0.6) is 0 Å². The maximum Gasteiger partial charge on any atom is 0.146 e. The summed E-state index contributed by atoms with van der Waals surface area (Å²) in [5.74, 6) is 7.32. The molecule has 700 valence electrons. The molecule has 2 fully saturated rings. The van der Waals surface area contributed by atoms with Crippen molar-refractivity contribution in [3.63, 3.8) is 0 Å². The number of nitrogens with zero attached hydrogens (tertiary/aromatic N) is 7. The Morgan fingerprint density at radius 3 is 1.25 bits per heavy atom. The molecule has 138 heavy (non-hydrogen) atoms. The van der Waals surface area contributed by atoms with Crippen LogP contribution in [0.3, 0.4) is 0 Å². The normalized spacial score (nSPS) is 20.8. The number of para-hydroxylation sites is 6. The van der Waals surface area contributed by atoms with Gasteiger partial charge in [-0.1, -0.05) is 357 Å². The highest BCUT2D eigenvalue weighted by Crippen LogP contribution is 2.55. The Hall–Kier alpha value is -10.5. The fraction of sp³-hybridized carbons (Fsp3) is 0.266. The molecule has 0 saturated heterocycles. The zero-order valence-electron chi connectivity index (χ0n) is 82.6. The molecular weight excluding hydrogens is 1810 g/mol. The van der Waals surface area contributed by atoms with Crippen molar-refractivity contribution in [2.24, 2.45) is 5.92 Å². The zero-order chi connectivity index (χ0) is 95.6. The third-order valence-electron chi connectivity index (χ3n) is 29.7. The van der Waals surface area contributed by atoms with Crippen LogP contribution in [0.2, 0.25) is 6.55 Å². The van der Waals surface area contributed by atoms with E-state index in [1.807, 2.05) is 53.1 Å². The summed E-state index contributed by atoms with van der Waals surface area (Å²) in [5.41, 5.74) is 32.3. The van der Waals surface area contributed by atoms with Crippen LogP contribution < -0.4 is 43.3 Å². The van der Waals surface area contributed by atoms with E-state index in [1.54, 1.807) is 27.8 Å². The van der Waals surface area contributed by atoms with E-state index < -0.39 is 8.07 Å². The van der Waals surface area contributed by atoms with Gasteiger partial charge in [-0.3, -0.25) is 17.9 Å². The molecule has 15 aromatic rings. The topological polar surface area (TPSA) is 30.3 Å². The highest BCUT2D eigenvalue weighted by atomic mass is 32.2. The average molecular weight is 1940 g/mol. The van der Waals surface area contributed by atoms with Crippen molar-refractivity contribution >= 4 is 128 Å². The van der Waals surface area contributed by atoms with E-state index in [4.69, 9.17) is 0 Å². The molecule has 2 aliphatic carbocycles. The van der Waals surface area contributed by atoms with Crippen molar-refractivity contribution in [1.82, 2.24) is 17.9 Å². The molecule has 4 atom stereocenters. The fourth-order valence-electron chi connectivity index (χ4n) is 22.6. The van der Waals surface area contributed by atoms with Crippen molar-refractivity contribution in [2.45, 2.75) is 174 Å². The van der Waals surface area contributed by atoms with Crippen LogP contribution in [0.1, 0.15) is 128 Å². The van der Waals surface area contributed by atoms with Gasteiger partial charge in [0.15, 0.2) is 0 Å². The lowest BCUT2D eigenvalue weighted by molar-refractivity contribution is 0.147. The molecule has 2 saturated carbocycles. The number of rotatable bonds is 11. The first-order valence-corrected chi connectivity index (χ1v) is 57.7. The first-order valence-electron chi connectivity index (χ1n) is 49.2. The Morgan fingerprint density at radius 2 is 0.725 bits per heavy atom. The number of nitriles is 1. The van der Waals surface area contributed by atoms with Crippen LogP contribution in [0, 0.1) is 65.7 Å². The van der Waals surface area contributed by atoms with Crippen LogP contribution in [-0.4, -0.2) is 71.5 Å². The number of hydrogen-bond acceptors (Lipinski definition) is 9. The first kappa shape index (κ1) is 97.8. The Morgan fingerprint density at radius 1 is 0.341 bits per heavy atom. The summed E-state index contributed by atoms with van der Waals surface area (Å²) in [6, 6.07) is 130. The number of hydrogen-bond donors (Lipinski definition) is 0. The van der Waals surface area contributed by atoms with Gasteiger partial charge in [-0.05, 0) is 235 Å². The van der Waals surface area contributed by atoms with Gasteiger partial charge in [-0.25, -0.2) is 0 Å². The van der Waals surface area contributed by atoms with Crippen molar-refractivity contribution in [3.05, 3.63) is 435 Å². The second kappa shape index (κ2) is 43.3. The second-order valence-electron chi connectivity index (χ2n) is 40.5. The minimum atomic E-state index is -2.10. The minimum Gasteiger partial charge on any atom is -0.358 e. The van der Waals surface area contributed by atoms with Crippen LogP contribution >= 0.6 is 70.6 Å². The molecular formula is C124H133N7S6Si+4. The van der Waals surface area contributed by atoms with Crippen molar-refractivity contribution in [2.75, 3.05) is 73.3 Å². The largest absolute Gasteiger partial charge is 0.358 e. The summed E-state index contributed by atoms with van der Waals surface area (Å²) in [4.78, 5) is 13.7. The van der Waals surface area contributed by atoms with Gasteiger partial charge in [-0.2, -0.15) is 5.26 Å². The Bertz CT molecular complexity index is 6720. The summed E-state index contributed by atoms with van der Waals surface area (Å²) in [6.07, 6.45) is 10.1. The summed E-state index contributed by atoms with van der Waals surface area (Å²) < 4.78 is 3.87. The number of aryl methyl sites for hydroxylation is 7. The van der Waals surface area contributed by atoms with Gasteiger partial charge in [-0.15, -0.1) is 23.5 Å². The smallest absolute Gasteiger partial charge is 0.146 e. The Labute approximate surface area is 850 Å². The quantitative estimate of drug-likeness (QED) is 0.0714. The number of benzene rings is 15. The maximum absolute atomic E-state index is 9.30. The monoisotopic (exact) mass is 1940 g/mol. The number of thioether (sulfide) groups is 6. The van der Waals surface area contributed by atoms with E-state index in [9.17, 15) is 5.26 Å². The highest BCUT2D eigenvalue weighted by molar-refractivity contribution is 8.00. The van der Waals surface area contributed by atoms with Crippen LogP contribution in [0.25, 0.3) is 11.1 Å². The van der Waals surface area contributed by atoms with E-state index in [-0.39, 0.29) is 0 Å². The number of quaternary nitrogens is 4. The van der Waals surface area contributed by atoms with E-state index in [0.29, 0.717) is 5.41 Å². The van der Waals surface area contributed by atoms with E-state index in [1.165, 1.54) is 197 Å².